The summed E-state index contributed by atoms with van der Waals surface area (Å²) in [5, 5.41) is 0. The fourth-order valence-electron chi connectivity index (χ4n) is 2.44. The molecule has 3 nitrogen and oxygen atoms in total. The van der Waals surface area contributed by atoms with Crippen LogP contribution in [0, 0.1) is 18.6 Å². The molecular weight excluding hydrogens is 272 g/mol. The minimum Gasteiger partial charge on any atom is -0.369 e. The summed E-state index contributed by atoms with van der Waals surface area (Å²) >= 11 is 0. The van der Waals surface area contributed by atoms with E-state index in [1.807, 2.05) is 0 Å². The molecule has 0 radical (unpaired) electrons. The van der Waals surface area contributed by atoms with Crippen LogP contribution in [0.1, 0.15) is 11.1 Å². The van der Waals surface area contributed by atoms with Crippen LogP contribution in [0.4, 0.5) is 14.7 Å². The number of rotatable bonds is 3. The number of imidazole rings is 1. The summed E-state index contributed by atoms with van der Waals surface area (Å²) < 4.78 is 29.0. The van der Waals surface area contributed by atoms with E-state index in [0.717, 1.165) is 5.52 Å². The SMILES string of the molecule is Cc1cc2c(cc1F)nc(N)n2CCc1ccccc1F. The van der Waals surface area contributed by atoms with Gasteiger partial charge in [-0.1, -0.05) is 18.2 Å². The largest absolute Gasteiger partial charge is 0.369 e. The van der Waals surface area contributed by atoms with Gasteiger partial charge >= 0.3 is 0 Å². The number of nitrogen functional groups attached to an aromatic ring is 1. The minimum atomic E-state index is -0.304. The van der Waals surface area contributed by atoms with Crippen molar-refractivity contribution in [2.75, 3.05) is 5.73 Å². The van der Waals surface area contributed by atoms with E-state index in [1.54, 1.807) is 35.8 Å². The fraction of sp³-hybridized carbons (Fsp3) is 0.188. The highest BCUT2D eigenvalue weighted by molar-refractivity contribution is 5.79. The van der Waals surface area contributed by atoms with E-state index in [4.69, 9.17) is 5.73 Å². The van der Waals surface area contributed by atoms with Crippen molar-refractivity contribution in [2.45, 2.75) is 19.9 Å². The summed E-state index contributed by atoms with van der Waals surface area (Å²) in [6, 6.07) is 9.73. The second-order valence-corrected chi connectivity index (χ2v) is 5.05. The van der Waals surface area contributed by atoms with Gasteiger partial charge in [-0.05, 0) is 36.6 Å². The smallest absolute Gasteiger partial charge is 0.201 e. The van der Waals surface area contributed by atoms with Gasteiger partial charge in [-0.15, -0.1) is 0 Å². The Hall–Kier alpha value is -2.43. The second-order valence-electron chi connectivity index (χ2n) is 5.05. The lowest BCUT2D eigenvalue weighted by atomic mass is 10.1. The lowest BCUT2D eigenvalue weighted by Gasteiger charge is -2.08. The van der Waals surface area contributed by atoms with Crippen LogP contribution < -0.4 is 5.73 Å². The number of aryl methyl sites for hydroxylation is 3. The van der Waals surface area contributed by atoms with Crippen LogP contribution in [0.2, 0.25) is 0 Å². The van der Waals surface area contributed by atoms with Crippen molar-refractivity contribution >= 4 is 17.0 Å². The van der Waals surface area contributed by atoms with Gasteiger partial charge in [0.05, 0.1) is 11.0 Å². The van der Waals surface area contributed by atoms with E-state index < -0.39 is 0 Å². The Bertz CT molecular complexity index is 809. The number of fused-ring (bicyclic) bond motifs is 1. The topological polar surface area (TPSA) is 43.8 Å². The fourth-order valence-corrected chi connectivity index (χ4v) is 2.44. The van der Waals surface area contributed by atoms with Crippen molar-refractivity contribution in [2.24, 2.45) is 0 Å². The van der Waals surface area contributed by atoms with Crippen molar-refractivity contribution in [3.05, 3.63) is 59.2 Å². The average molecular weight is 287 g/mol. The standard InChI is InChI=1S/C16H15F2N3/c1-10-8-15-14(9-13(10)18)20-16(19)21(15)7-6-11-4-2-3-5-12(11)17/h2-5,8-9H,6-7H2,1H3,(H2,19,20). The summed E-state index contributed by atoms with van der Waals surface area (Å²) in [6.45, 7) is 2.19. The molecule has 0 spiro atoms. The molecular formula is C16H15F2N3. The Morgan fingerprint density at radius 2 is 1.90 bits per heavy atom. The normalized spacial score (nSPS) is 11.2. The van der Waals surface area contributed by atoms with Gasteiger partial charge in [0.2, 0.25) is 5.95 Å². The number of aromatic nitrogens is 2. The molecule has 0 amide bonds. The molecule has 0 unspecified atom stereocenters. The Kier molecular flexibility index (Phi) is 3.33. The highest BCUT2D eigenvalue weighted by Gasteiger charge is 2.11. The Balaban J connectivity index is 1.95. The van der Waals surface area contributed by atoms with E-state index in [9.17, 15) is 8.78 Å². The molecule has 0 aliphatic rings. The van der Waals surface area contributed by atoms with Gasteiger partial charge in [-0.25, -0.2) is 13.8 Å². The number of benzene rings is 2. The van der Waals surface area contributed by atoms with E-state index in [2.05, 4.69) is 4.98 Å². The molecule has 3 rings (SSSR count). The van der Waals surface area contributed by atoms with Gasteiger partial charge in [0.1, 0.15) is 11.6 Å². The van der Waals surface area contributed by atoms with Crippen molar-refractivity contribution in [3.63, 3.8) is 0 Å². The zero-order valence-corrected chi connectivity index (χ0v) is 11.6. The number of nitrogens with zero attached hydrogens (tertiary/aromatic N) is 2. The molecule has 0 fully saturated rings. The maximum Gasteiger partial charge on any atom is 0.201 e. The van der Waals surface area contributed by atoms with E-state index in [1.165, 1.54) is 12.1 Å². The molecule has 0 atom stereocenters. The molecule has 2 N–H and O–H groups in total. The molecule has 0 saturated carbocycles. The van der Waals surface area contributed by atoms with Crippen molar-refractivity contribution < 1.29 is 8.78 Å². The van der Waals surface area contributed by atoms with Crippen LogP contribution in [0.15, 0.2) is 36.4 Å². The molecule has 0 aliphatic heterocycles. The van der Waals surface area contributed by atoms with Gasteiger partial charge < -0.3 is 10.3 Å². The number of anilines is 1. The summed E-state index contributed by atoms with van der Waals surface area (Å²) in [5.74, 6) is -0.227. The average Bonchev–Trinajstić information content (AvgIpc) is 2.74. The molecule has 5 heteroatoms. The van der Waals surface area contributed by atoms with Gasteiger partial charge in [0, 0.05) is 12.6 Å². The first-order chi connectivity index (χ1) is 10.1. The van der Waals surface area contributed by atoms with E-state index >= 15 is 0 Å². The number of nitrogens with two attached hydrogens (primary N) is 1. The number of hydrogen-bond acceptors (Lipinski definition) is 2. The van der Waals surface area contributed by atoms with Gasteiger partial charge in [-0.3, -0.25) is 0 Å². The molecule has 3 aromatic rings. The van der Waals surface area contributed by atoms with Crippen molar-refractivity contribution in [1.29, 1.82) is 0 Å². The number of halogens is 2. The molecule has 2 aromatic carbocycles. The Morgan fingerprint density at radius 1 is 1.14 bits per heavy atom. The van der Waals surface area contributed by atoms with Crippen LogP contribution in [-0.2, 0) is 13.0 Å². The van der Waals surface area contributed by atoms with E-state index in [-0.39, 0.29) is 11.6 Å². The summed E-state index contributed by atoms with van der Waals surface area (Å²) in [5.41, 5.74) is 8.33. The summed E-state index contributed by atoms with van der Waals surface area (Å²) in [7, 11) is 0. The second kappa shape index (κ2) is 5.16. The third-order valence-electron chi connectivity index (χ3n) is 3.62. The van der Waals surface area contributed by atoms with Gasteiger partial charge in [-0.2, -0.15) is 0 Å². The lowest BCUT2D eigenvalue weighted by molar-refractivity contribution is 0.597. The molecule has 1 heterocycles. The maximum atomic E-state index is 13.6. The van der Waals surface area contributed by atoms with Gasteiger partial charge in [0.15, 0.2) is 0 Å². The Morgan fingerprint density at radius 3 is 2.67 bits per heavy atom. The third kappa shape index (κ3) is 2.46. The molecule has 21 heavy (non-hydrogen) atoms. The molecule has 108 valence electrons. The van der Waals surface area contributed by atoms with Crippen molar-refractivity contribution in [3.8, 4) is 0 Å². The zero-order valence-electron chi connectivity index (χ0n) is 11.6. The predicted molar refractivity (Wildman–Crippen MR) is 78.9 cm³/mol. The highest BCUT2D eigenvalue weighted by Crippen LogP contribution is 2.22. The Labute approximate surface area is 121 Å². The monoisotopic (exact) mass is 287 g/mol. The van der Waals surface area contributed by atoms with Crippen LogP contribution >= 0.6 is 0 Å². The maximum absolute atomic E-state index is 13.6. The van der Waals surface area contributed by atoms with Crippen molar-refractivity contribution in [1.82, 2.24) is 9.55 Å². The summed E-state index contributed by atoms with van der Waals surface area (Å²) in [4.78, 5) is 4.16. The zero-order chi connectivity index (χ0) is 15.0. The predicted octanol–water partition coefficient (Wildman–Crippen LogP) is 3.45. The first kappa shape index (κ1) is 13.5. The highest BCUT2D eigenvalue weighted by atomic mass is 19.1. The summed E-state index contributed by atoms with van der Waals surface area (Å²) in [6.07, 6.45) is 0.499. The van der Waals surface area contributed by atoms with Crippen LogP contribution in [0.5, 0.6) is 0 Å². The van der Waals surface area contributed by atoms with E-state index in [0.29, 0.717) is 35.6 Å². The molecule has 0 bridgehead atoms. The molecule has 0 aliphatic carbocycles. The third-order valence-corrected chi connectivity index (χ3v) is 3.62. The van der Waals surface area contributed by atoms with Crippen LogP contribution in [-0.4, -0.2) is 9.55 Å². The molecule has 0 saturated heterocycles. The quantitative estimate of drug-likeness (QED) is 0.802. The molecule has 1 aromatic heterocycles. The van der Waals surface area contributed by atoms with Gasteiger partial charge in [0.25, 0.3) is 0 Å². The first-order valence-electron chi connectivity index (χ1n) is 6.71. The number of hydrogen-bond donors (Lipinski definition) is 1. The first-order valence-corrected chi connectivity index (χ1v) is 6.71. The van der Waals surface area contributed by atoms with Crippen LogP contribution in [0.3, 0.4) is 0 Å². The lowest BCUT2D eigenvalue weighted by Crippen LogP contribution is -2.06. The van der Waals surface area contributed by atoms with Crippen LogP contribution in [0.25, 0.3) is 11.0 Å². The minimum absolute atomic E-state index is 0.234.